The van der Waals surface area contributed by atoms with Gasteiger partial charge in [0.2, 0.25) is 0 Å². The molecule has 0 unspecified atom stereocenters. The highest BCUT2D eigenvalue weighted by Crippen LogP contribution is 2.30. The lowest BCUT2D eigenvalue weighted by atomic mass is 10.3. The Labute approximate surface area is 74.7 Å². The number of hydrogen-bond donors (Lipinski definition) is 1. The van der Waals surface area contributed by atoms with Gasteiger partial charge < -0.3 is 5.73 Å². The molecule has 6 heteroatoms. The van der Waals surface area contributed by atoms with Gasteiger partial charge in [-0.05, 0) is 15.9 Å². The number of aromatic nitrogens is 1. The normalized spacial score (nSPS) is 10.8. The van der Waals surface area contributed by atoms with E-state index in [1.807, 2.05) is 0 Å². The highest BCUT2D eigenvalue weighted by Gasteiger charge is 2.17. The van der Waals surface area contributed by atoms with Crippen LogP contribution in [0.5, 0.6) is 0 Å². The summed E-state index contributed by atoms with van der Waals surface area (Å²) in [5, 5.41) is 0. The van der Waals surface area contributed by atoms with Crippen molar-refractivity contribution >= 4 is 21.6 Å². The molecule has 0 aromatic carbocycles. The lowest BCUT2D eigenvalue weighted by Crippen LogP contribution is -1.99. The van der Waals surface area contributed by atoms with Gasteiger partial charge in [0, 0.05) is 0 Å². The molecule has 12 heavy (non-hydrogen) atoms. The maximum absolute atomic E-state index is 12.6. The SMILES string of the molecule is Nc1c(F)cnc(C(F)F)c1Br. The number of nitrogens with zero attached hydrogens (tertiary/aromatic N) is 1. The van der Waals surface area contributed by atoms with Crippen molar-refractivity contribution in [1.82, 2.24) is 4.98 Å². The number of alkyl halides is 2. The van der Waals surface area contributed by atoms with E-state index in [4.69, 9.17) is 5.73 Å². The summed E-state index contributed by atoms with van der Waals surface area (Å²) in [6, 6.07) is 0. The van der Waals surface area contributed by atoms with Gasteiger partial charge in [-0.15, -0.1) is 0 Å². The molecule has 0 aliphatic rings. The van der Waals surface area contributed by atoms with Crippen LogP contribution in [0.1, 0.15) is 12.1 Å². The third-order valence-electron chi connectivity index (χ3n) is 1.24. The van der Waals surface area contributed by atoms with E-state index >= 15 is 0 Å². The standard InChI is InChI=1S/C6H4BrF3N2/c7-3-4(11)2(8)1-12-5(3)6(9)10/h1,6H,(H2,11,12). The highest BCUT2D eigenvalue weighted by molar-refractivity contribution is 9.10. The number of hydrogen-bond acceptors (Lipinski definition) is 2. The van der Waals surface area contributed by atoms with Crippen molar-refractivity contribution in [1.29, 1.82) is 0 Å². The first kappa shape index (κ1) is 9.31. The zero-order valence-corrected chi connectivity index (χ0v) is 7.28. The summed E-state index contributed by atoms with van der Waals surface area (Å²) in [4.78, 5) is 3.19. The molecule has 0 saturated heterocycles. The van der Waals surface area contributed by atoms with Gasteiger partial charge in [-0.1, -0.05) is 0 Å². The van der Waals surface area contributed by atoms with Gasteiger partial charge in [0.1, 0.15) is 5.69 Å². The van der Waals surface area contributed by atoms with E-state index in [1.165, 1.54) is 0 Å². The fourth-order valence-electron chi connectivity index (χ4n) is 0.647. The molecule has 1 rings (SSSR count). The molecule has 0 fully saturated rings. The van der Waals surface area contributed by atoms with E-state index in [1.54, 1.807) is 0 Å². The zero-order chi connectivity index (χ0) is 9.30. The third-order valence-corrected chi connectivity index (χ3v) is 2.08. The Bertz CT molecular complexity index is 303. The van der Waals surface area contributed by atoms with Crippen LogP contribution in [0.25, 0.3) is 0 Å². The van der Waals surface area contributed by atoms with Crippen molar-refractivity contribution in [3.05, 3.63) is 22.2 Å². The molecule has 66 valence electrons. The fourth-order valence-corrected chi connectivity index (χ4v) is 1.11. The van der Waals surface area contributed by atoms with Crippen LogP contribution in [0.4, 0.5) is 18.9 Å². The Morgan fingerprint density at radius 1 is 1.50 bits per heavy atom. The lowest BCUT2D eigenvalue weighted by molar-refractivity contribution is 0.145. The largest absolute Gasteiger partial charge is 0.395 e. The molecule has 0 atom stereocenters. The van der Waals surface area contributed by atoms with Crippen molar-refractivity contribution in [2.45, 2.75) is 6.43 Å². The number of pyridine rings is 1. The number of rotatable bonds is 1. The van der Waals surface area contributed by atoms with E-state index in [0.29, 0.717) is 6.20 Å². The molecule has 0 amide bonds. The summed E-state index contributed by atoms with van der Waals surface area (Å²) in [5.41, 5.74) is 4.23. The Balaban J connectivity index is 3.27. The van der Waals surface area contributed by atoms with Crippen LogP contribution >= 0.6 is 15.9 Å². The molecule has 0 saturated carbocycles. The van der Waals surface area contributed by atoms with Crippen LogP contribution < -0.4 is 5.73 Å². The Morgan fingerprint density at radius 2 is 2.08 bits per heavy atom. The molecule has 0 aliphatic heterocycles. The predicted molar refractivity (Wildman–Crippen MR) is 41.3 cm³/mol. The molecule has 2 N–H and O–H groups in total. The Hall–Kier alpha value is -0.780. The van der Waals surface area contributed by atoms with Gasteiger partial charge in [-0.2, -0.15) is 0 Å². The molecule has 0 bridgehead atoms. The van der Waals surface area contributed by atoms with Crippen molar-refractivity contribution in [2.75, 3.05) is 5.73 Å². The number of anilines is 1. The van der Waals surface area contributed by atoms with Crippen LogP contribution in [0.3, 0.4) is 0 Å². The second kappa shape index (κ2) is 3.30. The molecule has 1 aromatic rings. The van der Waals surface area contributed by atoms with Crippen LogP contribution in [-0.4, -0.2) is 4.98 Å². The molecule has 0 aliphatic carbocycles. The summed E-state index contributed by atoms with van der Waals surface area (Å²) in [5.74, 6) is -0.814. The second-order valence-corrected chi connectivity index (χ2v) is 2.81. The molecule has 0 spiro atoms. The van der Waals surface area contributed by atoms with Gasteiger partial charge in [0.05, 0.1) is 16.4 Å². The average Bonchev–Trinajstić information content (AvgIpc) is 2.00. The third kappa shape index (κ3) is 1.52. The summed E-state index contributed by atoms with van der Waals surface area (Å²) < 4.78 is 36.5. The fraction of sp³-hybridized carbons (Fsp3) is 0.167. The average molecular weight is 241 g/mol. The maximum atomic E-state index is 12.6. The smallest absolute Gasteiger partial charge is 0.281 e. The molecular weight excluding hydrogens is 237 g/mol. The monoisotopic (exact) mass is 240 g/mol. The summed E-state index contributed by atoms with van der Waals surface area (Å²) >= 11 is 2.72. The highest BCUT2D eigenvalue weighted by atomic mass is 79.9. The summed E-state index contributed by atoms with van der Waals surface area (Å²) in [6.07, 6.45) is -2.09. The molecule has 2 nitrogen and oxygen atoms in total. The molecule has 0 radical (unpaired) electrons. The lowest BCUT2D eigenvalue weighted by Gasteiger charge is -2.04. The van der Waals surface area contributed by atoms with Gasteiger partial charge in [-0.25, -0.2) is 13.2 Å². The first-order valence-corrected chi connectivity index (χ1v) is 3.71. The van der Waals surface area contributed by atoms with Crippen molar-refractivity contribution in [3.8, 4) is 0 Å². The molecule has 1 heterocycles. The van der Waals surface area contributed by atoms with E-state index in [-0.39, 0.29) is 10.2 Å². The van der Waals surface area contributed by atoms with Gasteiger partial charge >= 0.3 is 0 Å². The van der Waals surface area contributed by atoms with Crippen LogP contribution in [0, 0.1) is 5.82 Å². The van der Waals surface area contributed by atoms with Crippen molar-refractivity contribution in [3.63, 3.8) is 0 Å². The predicted octanol–water partition coefficient (Wildman–Crippen LogP) is 2.50. The van der Waals surface area contributed by atoms with Crippen molar-refractivity contribution < 1.29 is 13.2 Å². The number of halogens is 4. The molecule has 1 aromatic heterocycles. The van der Waals surface area contributed by atoms with E-state index in [9.17, 15) is 13.2 Å². The maximum Gasteiger partial charge on any atom is 0.281 e. The van der Waals surface area contributed by atoms with E-state index in [0.717, 1.165) is 0 Å². The Kier molecular flexibility index (Phi) is 2.56. The molecular formula is C6H4BrF3N2. The minimum Gasteiger partial charge on any atom is -0.395 e. The Morgan fingerprint density at radius 3 is 2.58 bits per heavy atom. The minimum absolute atomic E-state index is 0.183. The quantitative estimate of drug-likeness (QED) is 0.820. The van der Waals surface area contributed by atoms with Gasteiger partial charge in [-0.3, -0.25) is 4.98 Å². The van der Waals surface area contributed by atoms with E-state index in [2.05, 4.69) is 20.9 Å². The van der Waals surface area contributed by atoms with Gasteiger partial charge in [0.15, 0.2) is 5.82 Å². The zero-order valence-electron chi connectivity index (χ0n) is 5.69. The second-order valence-electron chi connectivity index (χ2n) is 2.02. The number of nitrogen functional groups attached to an aromatic ring is 1. The van der Waals surface area contributed by atoms with Crippen LogP contribution in [-0.2, 0) is 0 Å². The first-order chi connectivity index (χ1) is 5.54. The van der Waals surface area contributed by atoms with Gasteiger partial charge in [0.25, 0.3) is 6.43 Å². The summed E-state index contributed by atoms with van der Waals surface area (Å²) in [6.45, 7) is 0. The van der Waals surface area contributed by atoms with Crippen molar-refractivity contribution in [2.24, 2.45) is 0 Å². The number of nitrogens with two attached hydrogens (primary N) is 1. The summed E-state index contributed by atoms with van der Waals surface area (Å²) in [7, 11) is 0. The minimum atomic E-state index is -2.76. The van der Waals surface area contributed by atoms with Crippen LogP contribution in [0.2, 0.25) is 0 Å². The first-order valence-electron chi connectivity index (χ1n) is 2.91. The topological polar surface area (TPSA) is 38.9 Å². The van der Waals surface area contributed by atoms with Crippen LogP contribution in [0.15, 0.2) is 10.7 Å². The van der Waals surface area contributed by atoms with E-state index < -0.39 is 17.9 Å².